The van der Waals surface area contributed by atoms with Crippen molar-refractivity contribution in [2.75, 3.05) is 11.9 Å². The molecule has 0 bridgehead atoms. The summed E-state index contributed by atoms with van der Waals surface area (Å²) in [5, 5.41) is 3.38. The van der Waals surface area contributed by atoms with Crippen molar-refractivity contribution < 1.29 is 0 Å². The summed E-state index contributed by atoms with van der Waals surface area (Å²) in [6, 6.07) is 17.1. The summed E-state index contributed by atoms with van der Waals surface area (Å²) in [5.41, 5.74) is 4.94. The highest BCUT2D eigenvalue weighted by Crippen LogP contribution is 2.13. The van der Waals surface area contributed by atoms with E-state index in [0.717, 1.165) is 13.0 Å². The predicted molar refractivity (Wildman–Crippen MR) is 85.3 cm³/mol. The Hall–Kier alpha value is -2.02. The van der Waals surface area contributed by atoms with Gasteiger partial charge >= 0.3 is 0 Å². The summed E-state index contributed by atoms with van der Waals surface area (Å²) < 4.78 is 0. The van der Waals surface area contributed by atoms with Crippen molar-refractivity contribution in [1.29, 1.82) is 0 Å². The van der Waals surface area contributed by atoms with Crippen molar-refractivity contribution in [2.45, 2.75) is 20.3 Å². The van der Waals surface area contributed by atoms with E-state index in [9.17, 15) is 0 Å². The fraction of sp³-hybridized carbons (Fsp3) is 0.222. The number of anilines is 1. The van der Waals surface area contributed by atoms with Crippen LogP contribution in [-0.2, 0) is 0 Å². The normalized spacial score (nSPS) is 10.8. The molecule has 1 heteroatoms. The van der Waals surface area contributed by atoms with Crippen LogP contribution in [0.1, 0.15) is 30.0 Å². The lowest BCUT2D eigenvalue weighted by atomic mass is 10.1. The predicted octanol–water partition coefficient (Wildman–Crippen LogP) is 4.99. The lowest BCUT2D eigenvalue weighted by molar-refractivity contribution is 0.980. The molecular weight excluding hydrogens is 230 g/mol. The first-order valence-electron chi connectivity index (χ1n) is 6.86. The molecule has 0 aliphatic carbocycles. The number of aryl methyl sites for hydroxylation is 1. The zero-order valence-electron chi connectivity index (χ0n) is 11.7. The molecule has 19 heavy (non-hydrogen) atoms. The van der Waals surface area contributed by atoms with E-state index in [4.69, 9.17) is 0 Å². The minimum atomic E-state index is 1.03. The van der Waals surface area contributed by atoms with Crippen LogP contribution in [0.4, 0.5) is 5.69 Å². The molecule has 0 aliphatic rings. The number of benzene rings is 2. The van der Waals surface area contributed by atoms with Crippen LogP contribution in [0.5, 0.6) is 0 Å². The fourth-order valence-electron chi connectivity index (χ4n) is 1.85. The smallest absolute Gasteiger partial charge is 0.0340 e. The van der Waals surface area contributed by atoms with Crippen molar-refractivity contribution in [2.24, 2.45) is 0 Å². The highest BCUT2D eigenvalue weighted by molar-refractivity contribution is 5.70. The highest BCUT2D eigenvalue weighted by Gasteiger charge is 1.91. The largest absolute Gasteiger partial charge is 0.385 e. The van der Waals surface area contributed by atoms with Crippen LogP contribution >= 0.6 is 0 Å². The Balaban J connectivity index is 2.00. The summed E-state index contributed by atoms with van der Waals surface area (Å²) in [5.74, 6) is 0. The molecule has 0 heterocycles. The van der Waals surface area contributed by atoms with Crippen LogP contribution in [0.15, 0.2) is 48.5 Å². The van der Waals surface area contributed by atoms with Gasteiger partial charge in [-0.05, 0) is 36.6 Å². The Labute approximate surface area is 116 Å². The van der Waals surface area contributed by atoms with Gasteiger partial charge in [0.2, 0.25) is 0 Å². The summed E-state index contributed by atoms with van der Waals surface area (Å²) >= 11 is 0. The van der Waals surface area contributed by atoms with Crippen LogP contribution < -0.4 is 5.32 Å². The van der Waals surface area contributed by atoms with Gasteiger partial charge in [-0.3, -0.25) is 0 Å². The molecule has 0 aromatic heterocycles. The maximum Gasteiger partial charge on any atom is 0.0340 e. The van der Waals surface area contributed by atoms with Gasteiger partial charge in [-0.1, -0.05) is 61.0 Å². The first kappa shape index (κ1) is 13.4. The Bertz CT molecular complexity index is 521. The fourth-order valence-corrected chi connectivity index (χ4v) is 1.85. The minimum Gasteiger partial charge on any atom is -0.385 e. The zero-order chi connectivity index (χ0) is 13.5. The molecular formula is C18H21N. The van der Waals surface area contributed by atoms with Crippen molar-refractivity contribution in [3.8, 4) is 0 Å². The van der Waals surface area contributed by atoms with Gasteiger partial charge in [0.1, 0.15) is 0 Å². The van der Waals surface area contributed by atoms with Gasteiger partial charge in [0.25, 0.3) is 0 Å². The molecule has 0 fully saturated rings. The molecule has 0 atom stereocenters. The van der Waals surface area contributed by atoms with E-state index in [1.54, 1.807) is 0 Å². The lowest BCUT2D eigenvalue weighted by Crippen LogP contribution is -1.98. The summed E-state index contributed by atoms with van der Waals surface area (Å²) in [6.07, 6.45) is 5.44. The topological polar surface area (TPSA) is 12.0 Å². The van der Waals surface area contributed by atoms with Crippen LogP contribution in [0.2, 0.25) is 0 Å². The van der Waals surface area contributed by atoms with Gasteiger partial charge in [-0.25, -0.2) is 0 Å². The average molecular weight is 251 g/mol. The van der Waals surface area contributed by atoms with Gasteiger partial charge < -0.3 is 5.32 Å². The van der Waals surface area contributed by atoms with Crippen LogP contribution in [-0.4, -0.2) is 6.54 Å². The molecule has 0 radical (unpaired) electrons. The van der Waals surface area contributed by atoms with Crippen LogP contribution in [0, 0.1) is 6.92 Å². The van der Waals surface area contributed by atoms with E-state index in [0.29, 0.717) is 0 Å². The second-order valence-electron chi connectivity index (χ2n) is 4.79. The van der Waals surface area contributed by atoms with E-state index >= 15 is 0 Å². The molecule has 0 spiro atoms. The van der Waals surface area contributed by atoms with Crippen LogP contribution in [0.3, 0.4) is 0 Å². The summed E-state index contributed by atoms with van der Waals surface area (Å²) in [7, 11) is 0. The maximum absolute atomic E-state index is 3.38. The van der Waals surface area contributed by atoms with Crippen molar-refractivity contribution >= 4 is 17.8 Å². The quantitative estimate of drug-likeness (QED) is 0.738. The molecule has 1 N–H and O–H groups in total. The Morgan fingerprint density at radius 2 is 1.37 bits per heavy atom. The van der Waals surface area contributed by atoms with Gasteiger partial charge in [0, 0.05) is 12.2 Å². The standard InChI is InChI=1S/C18H21N/c1-3-14-19-18-12-10-17(11-13-18)9-8-16-6-4-15(2)5-7-16/h4-13,19H,3,14H2,1-2H3/b9-8+. The third-order valence-corrected chi connectivity index (χ3v) is 3.04. The third-order valence-electron chi connectivity index (χ3n) is 3.04. The first-order valence-corrected chi connectivity index (χ1v) is 6.86. The van der Waals surface area contributed by atoms with Crippen molar-refractivity contribution in [3.63, 3.8) is 0 Å². The molecule has 2 aromatic carbocycles. The molecule has 1 nitrogen and oxygen atoms in total. The molecule has 0 saturated heterocycles. The number of hydrogen-bond donors (Lipinski definition) is 1. The van der Waals surface area contributed by atoms with E-state index in [2.05, 4.69) is 79.8 Å². The SMILES string of the molecule is CCCNc1ccc(/C=C/c2ccc(C)cc2)cc1. The number of hydrogen-bond acceptors (Lipinski definition) is 1. The zero-order valence-corrected chi connectivity index (χ0v) is 11.7. The van der Waals surface area contributed by atoms with Gasteiger partial charge in [0.05, 0.1) is 0 Å². The molecule has 0 amide bonds. The van der Waals surface area contributed by atoms with Gasteiger partial charge in [-0.2, -0.15) is 0 Å². The van der Waals surface area contributed by atoms with E-state index in [-0.39, 0.29) is 0 Å². The monoisotopic (exact) mass is 251 g/mol. The molecule has 0 saturated carbocycles. The number of nitrogens with one attached hydrogen (secondary N) is 1. The Morgan fingerprint density at radius 1 is 0.842 bits per heavy atom. The molecule has 0 unspecified atom stereocenters. The second-order valence-corrected chi connectivity index (χ2v) is 4.79. The lowest BCUT2D eigenvalue weighted by Gasteiger charge is -2.04. The Morgan fingerprint density at radius 3 is 1.89 bits per heavy atom. The molecule has 2 aromatic rings. The minimum absolute atomic E-state index is 1.03. The molecule has 0 aliphatic heterocycles. The van der Waals surface area contributed by atoms with E-state index < -0.39 is 0 Å². The number of rotatable bonds is 5. The second kappa shape index (κ2) is 6.79. The van der Waals surface area contributed by atoms with Crippen molar-refractivity contribution in [3.05, 3.63) is 65.2 Å². The van der Waals surface area contributed by atoms with E-state index in [1.165, 1.54) is 22.4 Å². The van der Waals surface area contributed by atoms with Crippen molar-refractivity contribution in [1.82, 2.24) is 0 Å². The highest BCUT2D eigenvalue weighted by atomic mass is 14.9. The summed E-state index contributed by atoms with van der Waals surface area (Å²) in [4.78, 5) is 0. The maximum atomic E-state index is 3.38. The first-order chi connectivity index (χ1) is 9.28. The van der Waals surface area contributed by atoms with Gasteiger partial charge in [-0.15, -0.1) is 0 Å². The van der Waals surface area contributed by atoms with Crippen LogP contribution in [0.25, 0.3) is 12.2 Å². The molecule has 2 rings (SSSR count). The molecule has 98 valence electrons. The summed E-state index contributed by atoms with van der Waals surface area (Å²) in [6.45, 7) is 5.31. The Kier molecular flexibility index (Phi) is 4.79. The third kappa shape index (κ3) is 4.29. The van der Waals surface area contributed by atoms with E-state index in [1.807, 2.05) is 0 Å². The average Bonchev–Trinajstić information content (AvgIpc) is 2.46. The van der Waals surface area contributed by atoms with Gasteiger partial charge in [0.15, 0.2) is 0 Å².